The second-order valence-corrected chi connectivity index (χ2v) is 8.33. The topological polar surface area (TPSA) is 62.1 Å². The van der Waals surface area contributed by atoms with Crippen molar-refractivity contribution >= 4 is 27.9 Å². The first-order valence-electron chi connectivity index (χ1n) is 9.95. The maximum Gasteiger partial charge on any atom is 0.262 e. The summed E-state index contributed by atoms with van der Waals surface area (Å²) >= 11 is 3.52. The van der Waals surface area contributed by atoms with E-state index in [1.54, 1.807) is 6.08 Å². The summed E-state index contributed by atoms with van der Waals surface area (Å²) in [6, 6.07) is 17.7. The largest absolute Gasteiger partial charge is 0.488 e. The second-order valence-electron chi connectivity index (χ2n) is 7.48. The number of hydrogen-bond donors (Lipinski definition) is 1. The maximum atomic E-state index is 12.6. The predicted molar refractivity (Wildman–Crippen MR) is 118 cm³/mol. The van der Waals surface area contributed by atoms with E-state index in [-0.39, 0.29) is 17.5 Å². The van der Waals surface area contributed by atoms with Crippen molar-refractivity contribution in [1.82, 2.24) is 5.32 Å². The van der Waals surface area contributed by atoms with Crippen LogP contribution in [0.2, 0.25) is 0 Å². The van der Waals surface area contributed by atoms with Gasteiger partial charge in [-0.3, -0.25) is 4.79 Å². The molecule has 0 bridgehead atoms. The number of halogens is 1. The van der Waals surface area contributed by atoms with Gasteiger partial charge in [-0.2, -0.15) is 5.26 Å². The van der Waals surface area contributed by atoms with Crippen LogP contribution in [0.5, 0.6) is 5.75 Å². The summed E-state index contributed by atoms with van der Waals surface area (Å²) in [5.74, 6) is 0.861. The van der Waals surface area contributed by atoms with Crippen molar-refractivity contribution in [3.05, 3.63) is 69.7 Å². The Bertz CT molecular complexity index is 918. The SMILES string of the molecule is C[C@H]1CCCC[C@@H]1NC(=O)/C(C#N)=C/c1ccc(OCc2ccccc2)c(Br)c1. The molecule has 1 aliphatic carbocycles. The Hall–Kier alpha value is -2.58. The molecule has 5 heteroatoms. The van der Waals surface area contributed by atoms with Crippen LogP contribution in [0, 0.1) is 17.2 Å². The van der Waals surface area contributed by atoms with Crippen molar-refractivity contribution in [2.45, 2.75) is 45.3 Å². The van der Waals surface area contributed by atoms with Crippen LogP contribution in [0.15, 0.2) is 58.6 Å². The van der Waals surface area contributed by atoms with E-state index in [4.69, 9.17) is 4.74 Å². The minimum atomic E-state index is -0.299. The lowest BCUT2D eigenvalue weighted by atomic mass is 9.86. The Morgan fingerprint density at radius 2 is 2.00 bits per heavy atom. The molecule has 1 fully saturated rings. The third-order valence-corrected chi connectivity index (χ3v) is 5.92. The Morgan fingerprint density at radius 1 is 1.24 bits per heavy atom. The minimum absolute atomic E-state index is 0.118. The number of hydrogen-bond acceptors (Lipinski definition) is 3. The molecule has 1 N–H and O–H groups in total. The van der Waals surface area contributed by atoms with Gasteiger partial charge >= 0.3 is 0 Å². The second kappa shape index (κ2) is 10.3. The van der Waals surface area contributed by atoms with Crippen LogP contribution >= 0.6 is 15.9 Å². The third-order valence-electron chi connectivity index (χ3n) is 5.30. The number of amides is 1. The molecule has 0 aliphatic heterocycles. The van der Waals surface area contributed by atoms with Crippen LogP contribution in [0.1, 0.15) is 43.7 Å². The average molecular weight is 453 g/mol. The highest BCUT2D eigenvalue weighted by atomic mass is 79.9. The smallest absolute Gasteiger partial charge is 0.262 e. The molecule has 0 radical (unpaired) electrons. The van der Waals surface area contributed by atoms with Gasteiger partial charge in [0, 0.05) is 6.04 Å². The zero-order valence-corrected chi connectivity index (χ0v) is 18.1. The molecule has 0 aromatic heterocycles. The van der Waals surface area contributed by atoms with Gasteiger partial charge in [0.1, 0.15) is 24.0 Å². The molecular weight excluding hydrogens is 428 g/mol. The van der Waals surface area contributed by atoms with Crippen LogP contribution in [0.4, 0.5) is 0 Å². The molecule has 0 spiro atoms. The lowest BCUT2D eigenvalue weighted by Crippen LogP contribution is -2.41. The molecule has 1 saturated carbocycles. The standard InChI is InChI=1S/C24H25BrN2O2/c1-17-7-5-6-10-22(17)27-24(28)20(15-26)13-19-11-12-23(21(25)14-19)29-16-18-8-3-2-4-9-18/h2-4,8-9,11-14,17,22H,5-7,10,16H2,1H3,(H,27,28)/b20-13+/t17-,22-/m0/s1. The van der Waals surface area contributed by atoms with Gasteiger partial charge < -0.3 is 10.1 Å². The fourth-order valence-electron chi connectivity index (χ4n) is 3.55. The summed E-state index contributed by atoms with van der Waals surface area (Å²) in [6.45, 7) is 2.63. The number of nitrogens with zero attached hydrogens (tertiary/aromatic N) is 1. The number of carbonyl (C=O) groups is 1. The molecule has 0 saturated heterocycles. The minimum Gasteiger partial charge on any atom is -0.488 e. The molecule has 4 nitrogen and oxygen atoms in total. The summed E-state index contributed by atoms with van der Waals surface area (Å²) in [4.78, 5) is 12.6. The number of benzene rings is 2. The van der Waals surface area contributed by atoms with Crippen LogP contribution < -0.4 is 10.1 Å². The highest BCUT2D eigenvalue weighted by Crippen LogP contribution is 2.28. The van der Waals surface area contributed by atoms with Gasteiger partial charge in [0.25, 0.3) is 5.91 Å². The highest BCUT2D eigenvalue weighted by molar-refractivity contribution is 9.10. The first kappa shape index (κ1) is 21.1. The third kappa shape index (κ3) is 5.95. The molecule has 3 rings (SSSR count). The average Bonchev–Trinajstić information content (AvgIpc) is 2.73. The van der Waals surface area contributed by atoms with E-state index >= 15 is 0 Å². The number of rotatable bonds is 6. The molecular formula is C24H25BrN2O2. The molecule has 2 atom stereocenters. The van der Waals surface area contributed by atoms with E-state index in [2.05, 4.69) is 28.2 Å². The number of ether oxygens (including phenoxy) is 1. The van der Waals surface area contributed by atoms with Crippen molar-refractivity contribution in [1.29, 1.82) is 5.26 Å². The van der Waals surface area contributed by atoms with Gasteiger partial charge in [0.05, 0.1) is 4.47 Å². The quantitative estimate of drug-likeness (QED) is 0.456. The molecule has 0 unspecified atom stereocenters. The molecule has 2 aromatic carbocycles. The van der Waals surface area contributed by atoms with Crippen molar-refractivity contribution in [2.75, 3.05) is 0 Å². The predicted octanol–water partition coefficient (Wildman–Crippen LogP) is 5.63. The molecule has 1 aliphatic rings. The summed E-state index contributed by atoms with van der Waals surface area (Å²) in [5, 5.41) is 12.5. The normalized spacial score (nSPS) is 19.3. The summed E-state index contributed by atoms with van der Waals surface area (Å²) in [5.41, 5.74) is 1.98. The molecule has 2 aromatic rings. The monoisotopic (exact) mass is 452 g/mol. The van der Waals surface area contributed by atoms with Crippen LogP contribution in [0.25, 0.3) is 6.08 Å². The van der Waals surface area contributed by atoms with Crippen molar-refractivity contribution in [3.63, 3.8) is 0 Å². The van der Waals surface area contributed by atoms with E-state index in [0.717, 1.165) is 34.9 Å². The number of nitrogens with one attached hydrogen (secondary N) is 1. The highest BCUT2D eigenvalue weighted by Gasteiger charge is 2.24. The molecule has 29 heavy (non-hydrogen) atoms. The number of nitriles is 1. The Morgan fingerprint density at radius 3 is 2.69 bits per heavy atom. The van der Waals surface area contributed by atoms with Crippen LogP contribution in [-0.2, 0) is 11.4 Å². The number of carbonyl (C=O) groups excluding carboxylic acids is 1. The van der Waals surface area contributed by atoms with Crippen LogP contribution in [-0.4, -0.2) is 11.9 Å². The van der Waals surface area contributed by atoms with Crippen molar-refractivity contribution in [3.8, 4) is 11.8 Å². The lowest BCUT2D eigenvalue weighted by Gasteiger charge is -2.29. The van der Waals surface area contributed by atoms with E-state index in [9.17, 15) is 10.1 Å². The van der Waals surface area contributed by atoms with Gasteiger partial charge in [-0.1, -0.05) is 56.2 Å². The zero-order chi connectivity index (χ0) is 20.6. The van der Waals surface area contributed by atoms with E-state index in [1.165, 1.54) is 6.42 Å². The molecule has 1 amide bonds. The van der Waals surface area contributed by atoms with Gasteiger partial charge in [-0.25, -0.2) is 0 Å². The maximum absolute atomic E-state index is 12.6. The summed E-state index contributed by atoms with van der Waals surface area (Å²) < 4.78 is 6.64. The van der Waals surface area contributed by atoms with Gasteiger partial charge in [0.2, 0.25) is 0 Å². The van der Waals surface area contributed by atoms with Gasteiger partial charge in [-0.15, -0.1) is 0 Å². The van der Waals surface area contributed by atoms with E-state index in [1.807, 2.05) is 54.6 Å². The zero-order valence-electron chi connectivity index (χ0n) is 16.5. The fraction of sp³-hybridized carbons (Fsp3) is 0.333. The Labute approximate surface area is 180 Å². The Kier molecular flexibility index (Phi) is 7.48. The van der Waals surface area contributed by atoms with Gasteiger partial charge in [0.15, 0.2) is 0 Å². The van der Waals surface area contributed by atoms with Gasteiger partial charge in [-0.05, 0) is 64.0 Å². The summed E-state index contributed by atoms with van der Waals surface area (Å²) in [7, 11) is 0. The van der Waals surface area contributed by atoms with Crippen molar-refractivity contribution < 1.29 is 9.53 Å². The van der Waals surface area contributed by atoms with Crippen molar-refractivity contribution in [2.24, 2.45) is 5.92 Å². The van der Waals surface area contributed by atoms with Crippen LogP contribution in [0.3, 0.4) is 0 Å². The Balaban J connectivity index is 1.66. The fourth-order valence-corrected chi connectivity index (χ4v) is 4.06. The molecule has 0 heterocycles. The van der Waals surface area contributed by atoms with E-state index < -0.39 is 0 Å². The first-order chi connectivity index (χ1) is 14.1. The lowest BCUT2D eigenvalue weighted by molar-refractivity contribution is -0.118. The van der Waals surface area contributed by atoms with E-state index in [0.29, 0.717) is 18.3 Å². The summed E-state index contributed by atoms with van der Waals surface area (Å²) in [6.07, 6.45) is 6.05. The molecule has 150 valence electrons. The first-order valence-corrected chi connectivity index (χ1v) is 10.7.